The first kappa shape index (κ1) is 15.4. The fourth-order valence-electron chi connectivity index (χ4n) is 1.89. The molecule has 0 fully saturated rings. The quantitative estimate of drug-likeness (QED) is 0.605. The summed E-state index contributed by atoms with van der Waals surface area (Å²) in [6, 6.07) is 5.71. The number of hydrogen-bond acceptors (Lipinski definition) is 4. The van der Waals surface area contributed by atoms with Gasteiger partial charge in [0.2, 0.25) is 0 Å². The summed E-state index contributed by atoms with van der Waals surface area (Å²) in [5, 5.41) is 9.72. The fraction of sp³-hybridized carbons (Fsp3) is 0.333. The van der Waals surface area contributed by atoms with Crippen LogP contribution in [0.25, 0.3) is 11.0 Å². The molecule has 1 aromatic heterocycles. The van der Waals surface area contributed by atoms with E-state index in [1.165, 1.54) is 11.8 Å². The van der Waals surface area contributed by atoms with E-state index in [1.54, 1.807) is 6.08 Å². The van der Waals surface area contributed by atoms with Crippen LogP contribution in [0.15, 0.2) is 35.0 Å². The third-order valence-electron chi connectivity index (χ3n) is 2.95. The Morgan fingerprint density at radius 3 is 2.95 bits per heavy atom. The van der Waals surface area contributed by atoms with Crippen molar-refractivity contribution in [3.05, 3.63) is 29.8 Å². The summed E-state index contributed by atoms with van der Waals surface area (Å²) in [6.45, 7) is 4.40. The van der Waals surface area contributed by atoms with Gasteiger partial charge in [-0.15, -0.1) is 0 Å². The summed E-state index contributed by atoms with van der Waals surface area (Å²) in [5.41, 5.74) is 2.22. The van der Waals surface area contributed by atoms with Crippen LogP contribution in [0.4, 0.5) is 0 Å². The van der Waals surface area contributed by atoms with Gasteiger partial charge in [-0.25, -0.2) is 9.78 Å². The van der Waals surface area contributed by atoms with E-state index in [-0.39, 0.29) is 0 Å². The van der Waals surface area contributed by atoms with Crippen LogP contribution in [0, 0.1) is 0 Å². The molecule has 2 rings (SSSR count). The summed E-state index contributed by atoms with van der Waals surface area (Å²) in [6.07, 6.45) is 2.25. The second kappa shape index (κ2) is 7.17. The van der Waals surface area contributed by atoms with Crippen molar-refractivity contribution in [3.63, 3.8) is 0 Å². The second-order valence-electron chi connectivity index (χ2n) is 4.35. The minimum atomic E-state index is -0.857. The van der Waals surface area contributed by atoms with Gasteiger partial charge in [0.05, 0.1) is 17.6 Å². The SMILES string of the molecule is CCOc1ccc2nc(SCC=C(CC)C(=O)O)[nH]c2c1. The van der Waals surface area contributed by atoms with Crippen LogP contribution in [0.1, 0.15) is 20.3 Å². The molecule has 2 aromatic rings. The maximum absolute atomic E-state index is 10.9. The van der Waals surface area contributed by atoms with E-state index in [0.29, 0.717) is 24.4 Å². The lowest BCUT2D eigenvalue weighted by atomic mass is 10.2. The fourth-order valence-corrected chi connectivity index (χ4v) is 2.68. The van der Waals surface area contributed by atoms with Crippen molar-refractivity contribution < 1.29 is 14.6 Å². The smallest absolute Gasteiger partial charge is 0.331 e. The molecule has 0 saturated heterocycles. The third kappa shape index (κ3) is 4.01. The van der Waals surface area contributed by atoms with Gasteiger partial charge in [-0.3, -0.25) is 0 Å². The molecule has 0 radical (unpaired) electrons. The highest BCUT2D eigenvalue weighted by Crippen LogP contribution is 2.23. The van der Waals surface area contributed by atoms with Crippen LogP contribution >= 0.6 is 11.8 Å². The van der Waals surface area contributed by atoms with Crippen molar-refractivity contribution in [1.29, 1.82) is 0 Å². The van der Waals surface area contributed by atoms with Crippen molar-refractivity contribution in [2.75, 3.05) is 12.4 Å². The predicted octanol–water partition coefficient (Wildman–Crippen LogP) is 3.47. The molecule has 1 aromatic carbocycles. The Morgan fingerprint density at radius 1 is 1.48 bits per heavy atom. The Balaban J connectivity index is 2.07. The van der Waals surface area contributed by atoms with Gasteiger partial charge in [0.1, 0.15) is 5.75 Å². The average Bonchev–Trinajstić information content (AvgIpc) is 2.85. The summed E-state index contributed by atoms with van der Waals surface area (Å²) < 4.78 is 5.45. The van der Waals surface area contributed by atoms with Gasteiger partial charge in [-0.2, -0.15) is 0 Å². The number of fused-ring (bicyclic) bond motifs is 1. The minimum absolute atomic E-state index is 0.428. The Hall–Kier alpha value is -1.95. The number of aromatic nitrogens is 2. The number of rotatable bonds is 7. The Morgan fingerprint density at radius 2 is 2.29 bits per heavy atom. The van der Waals surface area contributed by atoms with E-state index < -0.39 is 5.97 Å². The molecule has 0 amide bonds. The molecule has 0 spiro atoms. The lowest BCUT2D eigenvalue weighted by molar-refractivity contribution is -0.132. The molecule has 6 heteroatoms. The van der Waals surface area contributed by atoms with Gasteiger partial charge >= 0.3 is 5.97 Å². The van der Waals surface area contributed by atoms with Crippen molar-refractivity contribution in [2.24, 2.45) is 0 Å². The van der Waals surface area contributed by atoms with E-state index >= 15 is 0 Å². The lowest BCUT2D eigenvalue weighted by Crippen LogP contribution is -1.99. The van der Waals surface area contributed by atoms with Gasteiger partial charge in [-0.05, 0) is 25.5 Å². The van der Waals surface area contributed by atoms with E-state index in [9.17, 15) is 4.79 Å². The minimum Gasteiger partial charge on any atom is -0.494 e. The monoisotopic (exact) mass is 306 g/mol. The second-order valence-corrected chi connectivity index (χ2v) is 5.36. The number of hydrogen-bond donors (Lipinski definition) is 2. The summed E-state index contributed by atoms with van der Waals surface area (Å²) in [4.78, 5) is 18.6. The first-order chi connectivity index (χ1) is 10.1. The highest BCUT2D eigenvalue weighted by Gasteiger charge is 2.06. The number of carboxylic acid groups (broad SMARTS) is 1. The highest BCUT2D eigenvalue weighted by molar-refractivity contribution is 7.99. The van der Waals surface area contributed by atoms with Crippen molar-refractivity contribution in [3.8, 4) is 5.75 Å². The molecule has 21 heavy (non-hydrogen) atoms. The molecule has 0 aliphatic carbocycles. The zero-order valence-electron chi connectivity index (χ0n) is 12.0. The molecule has 0 atom stereocenters. The van der Waals surface area contributed by atoms with Crippen LogP contribution < -0.4 is 4.74 Å². The van der Waals surface area contributed by atoms with E-state index in [0.717, 1.165) is 21.9 Å². The predicted molar refractivity (Wildman–Crippen MR) is 84.0 cm³/mol. The van der Waals surface area contributed by atoms with E-state index in [2.05, 4.69) is 9.97 Å². The summed E-state index contributed by atoms with van der Waals surface area (Å²) >= 11 is 1.48. The molecule has 0 bridgehead atoms. The van der Waals surface area contributed by atoms with E-state index in [4.69, 9.17) is 9.84 Å². The maximum atomic E-state index is 10.9. The first-order valence-corrected chi connectivity index (χ1v) is 7.80. The van der Waals surface area contributed by atoms with Gasteiger partial charge in [0, 0.05) is 17.4 Å². The standard InChI is InChI=1S/C15H18N2O3S/c1-3-10(14(18)19)7-8-21-15-16-12-6-5-11(20-4-2)9-13(12)17-15/h5-7,9H,3-4,8H2,1-2H3,(H,16,17)(H,18,19). The number of aliphatic carboxylic acids is 1. The van der Waals surface area contributed by atoms with Crippen molar-refractivity contribution in [1.82, 2.24) is 9.97 Å². The largest absolute Gasteiger partial charge is 0.494 e. The van der Waals surface area contributed by atoms with Gasteiger partial charge in [0.15, 0.2) is 5.16 Å². The van der Waals surface area contributed by atoms with Crippen molar-refractivity contribution >= 4 is 28.8 Å². The van der Waals surface area contributed by atoms with Gasteiger partial charge in [0.25, 0.3) is 0 Å². The molecule has 0 aliphatic heterocycles. The Kier molecular flexibility index (Phi) is 5.27. The normalized spacial score (nSPS) is 11.8. The van der Waals surface area contributed by atoms with Crippen LogP contribution in [0.2, 0.25) is 0 Å². The molecule has 0 saturated carbocycles. The highest BCUT2D eigenvalue weighted by atomic mass is 32.2. The number of carbonyl (C=O) groups is 1. The zero-order valence-corrected chi connectivity index (χ0v) is 12.9. The third-order valence-corrected chi connectivity index (χ3v) is 3.75. The number of imidazole rings is 1. The summed E-state index contributed by atoms with van der Waals surface area (Å²) in [5.74, 6) is 0.529. The first-order valence-electron chi connectivity index (χ1n) is 6.81. The Bertz CT molecular complexity index is 664. The molecule has 112 valence electrons. The topological polar surface area (TPSA) is 75.2 Å². The van der Waals surface area contributed by atoms with E-state index in [1.807, 2.05) is 32.0 Å². The maximum Gasteiger partial charge on any atom is 0.331 e. The average molecular weight is 306 g/mol. The van der Waals surface area contributed by atoms with Gasteiger partial charge < -0.3 is 14.8 Å². The van der Waals surface area contributed by atoms with Crippen LogP contribution in [0.3, 0.4) is 0 Å². The molecule has 5 nitrogen and oxygen atoms in total. The molecule has 0 unspecified atom stereocenters. The Labute approximate surface area is 127 Å². The zero-order chi connectivity index (χ0) is 15.2. The molecule has 0 aliphatic rings. The number of H-pyrrole nitrogens is 1. The number of nitrogens with zero attached hydrogens (tertiary/aromatic N) is 1. The van der Waals surface area contributed by atoms with Crippen LogP contribution in [-0.2, 0) is 4.79 Å². The molecule has 1 heterocycles. The number of nitrogens with one attached hydrogen (secondary N) is 1. The van der Waals surface area contributed by atoms with Crippen LogP contribution in [-0.4, -0.2) is 33.4 Å². The van der Waals surface area contributed by atoms with Crippen LogP contribution in [0.5, 0.6) is 5.75 Å². The summed E-state index contributed by atoms with van der Waals surface area (Å²) in [7, 11) is 0. The molecule has 2 N–H and O–H groups in total. The number of carboxylic acids is 1. The molecular formula is C15H18N2O3S. The van der Waals surface area contributed by atoms with Gasteiger partial charge in [-0.1, -0.05) is 24.8 Å². The molecular weight excluding hydrogens is 288 g/mol. The van der Waals surface area contributed by atoms with Crippen molar-refractivity contribution in [2.45, 2.75) is 25.4 Å². The number of ether oxygens (including phenoxy) is 1. The number of thioether (sulfide) groups is 1. The number of aromatic amines is 1. The number of benzene rings is 1. The lowest BCUT2D eigenvalue weighted by Gasteiger charge is -2.00.